The standard InChI is InChI=1S/C16H14FNO/c17-11-16(19)13-6-7-15-12(10-13)8-9-18(15)14-4-2-1-3-5-14/h1-10,16,19H,11H2. The first kappa shape index (κ1) is 11.9. The van der Waals surface area contributed by atoms with Crippen molar-refractivity contribution >= 4 is 10.9 Å². The zero-order valence-corrected chi connectivity index (χ0v) is 10.3. The van der Waals surface area contributed by atoms with Crippen LogP contribution in [0.4, 0.5) is 4.39 Å². The SMILES string of the molecule is OC(CF)c1ccc2c(ccn2-c2ccccc2)c1. The minimum atomic E-state index is -1.04. The van der Waals surface area contributed by atoms with E-state index in [-0.39, 0.29) is 0 Å². The lowest BCUT2D eigenvalue weighted by molar-refractivity contribution is 0.142. The first-order valence-corrected chi connectivity index (χ1v) is 6.20. The van der Waals surface area contributed by atoms with Gasteiger partial charge in [0.2, 0.25) is 0 Å². The van der Waals surface area contributed by atoms with Gasteiger partial charge < -0.3 is 9.67 Å². The molecule has 0 aliphatic carbocycles. The predicted octanol–water partition coefficient (Wildman–Crippen LogP) is 3.63. The monoisotopic (exact) mass is 255 g/mol. The smallest absolute Gasteiger partial charge is 0.119 e. The number of alkyl halides is 1. The van der Waals surface area contributed by atoms with Gasteiger partial charge in [-0.3, -0.25) is 0 Å². The number of benzene rings is 2. The van der Waals surface area contributed by atoms with E-state index in [1.165, 1.54) is 0 Å². The minimum Gasteiger partial charge on any atom is -0.386 e. The number of nitrogens with zero attached hydrogens (tertiary/aromatic N) is 1. The molecule has 2 aromatic carbocycles. The molecule has 0 spiro atoms. The topological polar surface area (TPSA) is 25.2 Å². The Labute approximate surface area is 110 Å². The van der Waals surface area contributed by atoms with E-state index in [9.17, 15) is 9.50 Å². The lowest BCUT2D eigenvalue weighted by Crippen LogP contribution is -1.99. The summed E-state index contributed by atoms with van der Waals surface area (Å²) in [6.45, 7) is -0.759. The van der Waals surface area contributed by atoms with E-state index in [1.54, 1.807) is 6.07 Å². The second-order valence-electron chi connectivity index (χ2n) is 4.51. The summed E-state index contributed by atoms with van der Waals surface area (Å²) in [5, 5.41) is 10.5. The van der Waals surface area contributed by atoms with E-state index < -0.39 is 12.8 Å². The molecular formula is C16H14FNO. The third-order valence-corrected chi connectivity index (χ3v) is 3.28. The molecule has 0 saturated heterocycles. The first-order valence-electron chi connectivity index (χ1n) is 6.20. The summed E-state index contributed by atoms with van der Waals surface area (Å²) in [4.78, 5) is 0. The van der Waals surface area contributed by atoms with Gasteiger partial charge in [0.05, 0.1) is 5.52 Å². The number of rotatable bonds is 3. The molecule has 0 saturated carbocycles. The van der Waals surface area contributed by atoms with E-state index in [1.807, 2.05) is 54.7 Å². The van der Waals surface area contributed by atoms with Crippen LogP contribution in [0.3, 0.4) is 0 Å². The van der Waals surface area contributed by atoms with Crippen LogP contribution in [0.2, 0.25) is 0 Å². The third-order valence-electron chi connectivity index (χ3n) is 3.28. The second-order valence-corrected chi connectivity index (χ2v) is 4.51. The molecule has 1 atom stereocenters. The van der Waals surface area contributed by atoms with E-state index in [2.05, 4.69) is 4.57 Å². The van der Waals surface area contributed by atoms with Crippen LogP contribution < -0.4 is 0 Å². The Hall–Kier alpha value is -2.13. The van der Waals surface area contributed by atoms with E-state index in [0.29, 0.717) is 5.56 Å². The maximum Gasteiger partial charge on any atom is 0.119 e. The predicted molar refractivity (Wildman–Crippen MR) is 74.2 cm³/mol. The molecule has 3 heteroatoms. The summed E-state index contributed by atoms with van der Waals surface area (Å²) in [6.07, 6.45) is 0.940. The van der Waals surface area contributed by atoms with E-state index >= 15 is 0 Å². The van der Waals surface area contributed by atoms with Crippen molar-refractivity contribution in [3.63, 3.8) is 0 Å². The number of halogens is 1. The van der Waals surface area contributed by atoms with Gasteiger partial charge in [-0.1, -0.05) is 24.3 Å². The number of aromatic nitrogens is 1. The molecule has 96 valence electrons. The zero-order valence-electron chi connectivity index (χ0n) is 10.3. The fourth-order valence-corrected chi connectivity index (χ4v) is 2.27. The molecule has 1 heterocycles. The summed E-state index contributed by atoms with van der Waals surface area (Å²) >= 11 is 0. The number of aliphatic hydroxyl groups excluding tert-OH is 1. The number of fused-ring (bicyclic) bond motifs is 1. The minimum absolute atomic E-state index is 0.612. The van der Waals surface area contributed by atoms with Crippen molar-refractivity contribution in [2.24, 2.45) is 0 Å². The molecule has 1 N–H and O–H groups in total. The quantitative estimate of drug-likeness (QED) is 0.759. The second kappa shape index (κ2) is 4.86. The van der Waals surface area contributed by atoms with Crippen LogP contribution in [-0.4, -0.2) is 16.3 Å². The van der Waals surface area contributed by atoms with E-state index in [4.69, 9.17) is 0 Å². The Kier molecular flexibility index (Phi) is 3.05. The molecule has 2 nitrogen and oxygen atoms in total. The molecule has 0 amide bonds. The van der Waals surface area contributed by atoms with Gasteiger partial charge >= 0.3 is 0 Å². The van der Waals surface area contributed by atoms with Crippen molar-refractivity contribution in [3.05, 3.63) is 66.4 Å². The molecule has 3 aromatic rings. The maximum atomic E-state index is 12.5. The average molecular weight is 255 g/mol. The maximum absolute atomic E-state index is 12.5. The third kappa shape index (κ3) is 2.13. The summed E-state index contributed by atoms with van der Waals surface area (Å²) in [6, 6.07) is 17.5. The molecule has 0 bridgehead atoms. The fourth-order valence-electron chi connectivity index (χ4n) is 2.27. The number of para-hydroxylation sites is 1. The highest BCUT2D eigenvalue weighted by Gasteiger charge is 2.09. The summed E-state index contributed by atoms with van der Waals surface area (Å²) in [5.74, 6) is 0. The molecule has 19 heavy (non-hydrogen) atoms. The van der Waals surface area contributed by atoms with Gasteiger partial charge in [-0.25, -0.2) is 4.39 Å². The molecular weight excluding hydrogens is 241 g/mol. The Balaban J connectivity index is 2.10. The van der Waals surface area contributed by atoms with E-state index in [0.717, 1.165) is 16.6 Å². The van der Waals surface area contributed by atoms with Crippen LogP contribution in [0.25, 0.3) is 16.6 Å². The van der Waals surface area contributed by atoms with Crippen LogP contribution in [0.5, 0.6) is 0 Å². The van der Waals surface area contributed by atoms with Gasteiger partial charge in [-0.05, 0) is 35.9 Å². The molecule has 0 aliphatic heterocycles. The lowest BCUT2D eigenvalue weighted by atomic mass is 10.1. The average Bonchev–Trinajstić information content (AvgIpc) is 2.90. The van der Waals surface area contributed by atoms with Crippen molar-refractivity contribution in [1.29, 1.82) is 0 Å². The van der Waals surface area contributed by atoms with Crippen molar-refractivity contribution in [3.8, 4) is 5.69 Å². The van der Waals surface area contributed by atoms with Crippen LogP contribution in [0.1, 0.15) is 11.7 Å². The molecule has 3 rings (SSSR count). The molecule has 1 aromatic heterocycles. The van der Waals surface area contributed by atoms with Crippen LogP contribution in [0.15, 0.2) is 60.8 Å². The normalized spacial score (nSPS) is 12.7. The highest BCUT2D eigenvalue weighted by Crippen LogP contribution is 2.24. The van der Waals surface area contributed by atoms with Crippen LogP contribution in [0, 0.1) is 0 Å². The molecule has 0 aliphatic rings. The van der Waals surface area contributed by atoms with Gasteiger partial charge in [-0.2, -0.15) is 0 Å². The number of hydrogen-bond acceptors (Lipinski definition) is 1. The highest BCUT2D eigenvalue weighted by atomic mass is 19.1. The summed E-state index contributed by atoms with van der Waals surface area (Å²) < 4.78 is 14.6. The van der Waals surface area contributed by atoms with Crippen molar-refractivity contribution in [2.75, 3.05) is 6.67 Å². The van der Waals surface area contributed by atoms with Gasteiger partial charge in [0.1, 0.15) is 12.8 Å². The Bertz CT molecular complexity index is 690. The Morgan fingerprint density at radius 2 is 1.84 bits per heavy atom. The molecule has 1 unspecified atom stereocenters. The van der Waals surface area contributed by atoms with Crippen molar-refractivity contribution in [2.45, 2.75) is 6.10 Å². The molecule has 0 fully saturated rings. The van der Waals surface area contributed by atoms with Crippen LogP contribution in [-0.2, 0) is 0 Å². The van der Waals surface area contributed by atoms with Gasteiger partial charge in [0.25, 0.3) is 0 Å². The largest absolute Gasteiger partial charge is 0.386 e. The van der Waals surface area contributed by atoms with Crippen LogP contribution >= 0.6 is 0 Å². The summed E-state index contributed by atoms with van der Waals surface area (Å²) in [5.41, 5.74) is 2.73. The summed E-state index contributed by atoms with van der Waals surface area (Å²) in [7, 11) is 0. The zero-order chi connectivity index (χ0) is 13.2. The highest BCUT2D eigenvalue weighted by molar-refractivity contribution is 5.82. The first-order chi connectivity index (χ1) is 9.29. The van der Waals surface area contributed by atoms with Gasteiger partial charge in [0.15, 0.2) is 0 Å². The van der Waals surface area contributed by atoms with Crippen molar-refractivity contribution < 1.29 is 9.50 Å². The number of aliphatic hydroxyl groups is 1. The lowest BCUT2D eigenvalue weighted by Gasteiger charge is -2.08. The Morgan fingerprint density at radius 1 is 1.05 bits per heavy atom. The molecule has 0 radical (unpaired) electrons. The van der Waals surface area contributed by atoms with Crippen molar-refractivity contribution in [1.82, 2.24) is 4.57 Å². The Morgan fingerprint density at radius 3 is 2.58 bits per heavy atom. The number of hydrogen-bond donors (Lipinski definition) is 1. The van der Waals surface area contributed by atoms with Gasteiger partial charge in [-0.15, -0.1) is 0 Å². The fraction of sp³-hybridized carbons (Fsp3) is 0.125. The van der Waals surface area contributed by atoms with Gasteiger partial charge in [0, 0.05) is 17.3 Å².